The fourth-order valence-corrected chi connectivity index (χ4v) is 2.01. The summed E-state index contributed by atoms with van der Waals surface area (Å²) in [5.41, 5.74) is 1.67. The lowest BCUT2D eigenvalue weighted by Crippen LogP contribution is -2.30. The number of hydrogen-bond donors (Lipinski definition) is 2. The number of hydrogen-bond acceptors (Lipinski definition) is 5. The van der Waals surface area contributed by atoms with Gasteiger partial charge in [0.25, 0.3) is 0 Å². The van der Waals surface area contributed by atoms with Gasteiger partial charge in [0.1, 0.15) is 6.61 Å². The highest BCUT2D eigenvalue weighted by Crippen LogP contribution is 2.20. The molecule has 23 heavy (non-hydrogen) atoms. The molecule has 0 atom stereocenters. The molecule has 2 rings (SSSR count). The van der Waals surface area contributed by atoms with Crippen LogP contribution in [0, 0.1) is 0 Å². The highest BCUT2D eigenvalue weighted by molar-refractivity contribution is 5.77. The molecule has 7 nitrogen and oxygen atoms in total. The minimum absolute atomic E-state index is 0.0466. The number of carbonyl (C=O) groups is 2. The van der Waals surface area contributed by atoms with E-state index in [1.54, 1.807) is 36.9 Å². The van der Waals surface area contributed by atoms with Gasteiger partial charge < -0.3 is 15.2 Å². The van der Waals surface area contributed by atoms with Gasteiger partial charge in [0.2, 0.25) is 5.91 Å². The van der Waals surface area contributed by atoms with Crippen LogP contribution in [0.5, 0.6) is 0 Å². The highest BCUT2D eigenvalue weighted by Gasteiger charge is 2.17. The zero-order valence-electron chi connectivity index (χ0n) is 12.4. The van der Waals surface area contributed by atoms with Crippen molar-refractivity contribution in [2.75, 3.05) is 13.2 Å². The molecule has 7 heteroatoms. The fraction of sp³-hybridized carbons (Fsp3) is 0.250. The van der Waals surface area contributed by atoms with Crippen LogP contribution in [0.2, 0.25) is 0 Å². The molecule has 0 aliphatic rings. The van der Waals surface area contributed by atoms with Gasteiger partial charge in [-0.2, -0.15) is 0 Å². The number of aromatic nitrogens is 2. The van der Waals surface area contributed by atoms with E-state index in [-0.39, 0.29) is 25.0 Å². The lowest BCUT2D eigenvalue weighted by atomic mass is 10.0. The Kier molecular flexibility index (Phi) is 6.19. The van der Waals surface area contributed by atoms with Gasteiger partial charge in [-0.15, -0.1) is 0 Å². The van der Waals surface area contributed by atoms with Gasteiger partial charge in [0.05, 0.1) is 19.1 Å². The molecule has 2 N–H and O–H groups in total. The molecule has 0 spiro atoms. The molecule has 0 saturated heterocycles. The van der Waals surface area contributed by atoms with E-state index in [1.807, 2.05) is 12.1 Å². The predicted octanol–water partition coefficient (Wildman–Crippen LogP) is 1.17. The standard InChI is InChI=1S/C16H17N3O4/c20-14(5-8-23-11-15(21)22)19-16(12-3-1-6-17-9-12)13-4-2-7-18-10-13/h1-4,6-7,9-10,16H,5,8,11H2,(H,19,20)(H,21,22). The number of pyridine rings is 2. The highest BCUT2D eigenvalue weighted by atomic mass is 16.5. The second kappa shape index (κ2) is 8.60. The van der Waals surface area contributed by atoms with E-state index in [0.717, 1.165) is 11.1 Å². The molecule has 120 valence electrons. The predicted molar refractivity (Wildman–Crippen MR) is 81.5 cm³/mol. The normalized spacial score (nSPS) is 10.5. The summed E-state index contributed by atoms with van der Waals surface area (Å²) in [5, 5.41) is 11.4. The summed E-state index contributed by atoms with van der Waals surface area (Å²) in [4.78, 5) is 30.6. The van der Waals surface area contributed by atoms with Gasteiger partial charge in [-0.3, -0.25) is 14.8 Å². The smallest absolute Gasteiger partial charge is 0.329 e. The van der Waals surface area contributed by atoms with Crippen molar-refractivity contribution in [2.45, 2.75) is 12.5 Å². The largest absolute Gasteiger partial charge is 0.480 e. The van der Waals surface area contributed by atoms with Crippen molar-refractivity contribution in [3.63, 3.8) is 0 Å². The van der Waals surface area contributed by atoms with Gasteiger partial charge in [-0.05, 0) is 23.3 Å². The number of nitrogens with one attached hydrogen (secondary N) is 1. The van der Waals surface area contributed by atoms with Crippen LogP contribution in [0.1, 0.15) is 23.6 Å². The summed E-state index contributed by atoms with van der Waals surface area (Å²) in [6.45, 7) is -0.368. The summed E-state index contributed by atoms with van der Waals surface area (Å²) in [6, 6.07) is 6.95. The second-order valence-corrected chi connectivity index (χ2v) is 4.77. The fourth-order valence-electron chi connectivity index (χ4n) is 2.01. The van der Waals surface area contributed by atoms with Gasteiger partial charge in [0, 0.05) is 24.8 Å². The summed E-state index contributed by atoms with van der Waals surface area (Å²) in [5.74, 6) is -1.30. The zero-order chi connectivity index (χ0) is 16.5. The number of rotatable bonds is 8. The number of carbonyl (C=O) groups excluding carboxylic acids is 1. The molecule has 0 radical (unpaired) electrons. The molecule has 0 aliphatic carbocycles. The van der Waals surface area contributed by atoms with Crippen LogP contribution < -0.4 is 5.32 Å². The van der Waals surface area contributed by atoms with Crippen molar-refractivity contribution in [2.24, 2.45) is 0 Å². The monoisotopic (exact) mass is 315 g/mol. The molecule has 0 unspecified atom stereocenters. The van der Waals surface area contributed by atoms with E-state index in [1.165, 1.54) is 0 Å². The molecule has 0 aromatic carbocycles. The second-order valence-electron chi connectivity index (χ2n) is 4.77. The topological polar surface area (TPSA) is 101 Å². The lowest BCUT2D eigenvalue weighted by molar-refractivity contribution is -0.143. The molecule has 2 heterocycles. The van der Waals surface area contributed by atoms with Crippen LogP contribution in [-0.4, -0.2) is 40.2 Å². The first kappa shape index (κ1) is 16.6. The van der Waals surface area contributed by atoms with Crippen molar-refractivity contribution in [3.05, 3.63) is 60.2 Å². The van der Waals surface area contributed by atoms with E-state index >= 15 is 0 Å². The Morgan fingerprint density at radius 3 is 2.22 bits per heavy atom. The first-order chi connectivity index (χ1) is 11.2. The van der Waals surface area contributed by atoms with Crippen molar-refractivity contribution >= 4 is 11.9 Å². The average Bonchev–Trinajstić information content (AvgIpc) is 2.58. The summed E-state index contributed by atoms with van der Waals surface area (Å²) >= 11 is 0. The molecule has 0 aliphatic heterocycles. The molecule has 2 aromatic heterocycles. The van der Waals surface area contributed by atoms with Crippen LogP contribution in [0.4, 0.5) is 0 Å². The van der Waals surface area contributed by atoms with E-state index in [9.17, 15) is 9.59 Å². The van der Waals surface area contributed by atoms with Crippen LogP contribution in [0.15, 0.2) is 49.1 Å². The van der Waals surface area contributed by atoms with Gasteiger partial charge in [0.15, 0.2) is 0 Å². The maximum Gasteiger partial charge on any atom is 0.329 e. The van der Waals surface area contributed by atoms with E-state index in [4.69, 9.17) is 9.84 Å². The number of carboxylic acids is 1. The third-order valence-corrected chi connectivity index (χ3v) is 3.04. The number of amides is 1. The Balaban J connectivity index is 2.01. The summed E-state index contributed by atoms with van der Waals surface area (Å²) in [7, 11) is 0. The third-order valence-electron chi connectivity index (χ3n) is 3.04. The van der Waals surface area contributed by atoms with E-state index in [2.05, 4.69) is 15.3 Å². The van der Waals surface area contributed by atoms with Crippen molar-refractivity contribution in [3.8, 4) is 0 Å². The molecule has 1 amide bonds. The Bertz CT molecular complexity index is 595. The zero-order valence-corrected chi connectivity index (χ0v) is 12.4. The number of nitrogens with zero attached hydrogens (tertiary/aromatic N) is 2. The number of carboxylic acid groups (broad SMARTS) is 1. The number of ether oxygens (including phenoxy) is 1. The molecule has 2 aromatic rings. The molecule has 0 bridgehead atoms. The first-order valence-electron chi connectivity index (χ1n) is 7.05. The van der Waals surface area contributed by atoms with Gasteiger partial charge in [-0.25, -0.2) is 4.79 Å². The first-order valence-corrected chi connectivity index (χ1v) is 7.05. The molecule has 0 fully saturated rings. The SMILES string of the molecule is O=C(O)COCCC(=O)NC(c1cccnc1)c1cccnc1. The van der Waals surface area contributed by atoms with Crippen LogP contribution in [0.25, 0.3) is 0 Å². The van der Waals surface area contributed by atoms with Crippen LogP contribution >= 0.6 is 0 Å². The minimum atomic E-state index is -1.06. The Hall–Kier alpha value is -2.80. The van der Waals surface area contributed by atoms with Crippen LogP contribution in [0.3, 0.4) is 0 Å². The van der Waals surface area contributed by atoms with Crippen molar-refractivity contribution in [1.82, 2.24) is 15.3 Å². The van der Waals surface area contributed by atoms with Crippen LogP contribution in [-0.2, 0) is 14.3 Å². The van der Waals surface area contributed by atoms with Crippen molar-refractivity contribution < 1.29 is 19.4 Å². The quantitative estimate of drug-likeness (QED) is 0.709. The summed E-state index contributed by atoms with van der Waals surface area (Å²) in [6.07, 6.45) is 6.75. The Morgan fingerprint density at radius 2 is 1.74 bits per heavy atom. The lowest BCUT2D eigenvalue weighted by Gasteiger charge is -2.19. The third kappa shape index (κ3) is 5.48. The Labute approximate surface area is 133 Å². The maximum absolute atomic E-state index is 12.1. The van der Waals surface area contributed by atoms with Gasteiger partial charge >= 0.3 is 5.97 Å². The van der Waals surface area contributed by atoms with Crippen molar-refractivity contribution in [1.29, 1.82) is 0 Å². The molecular weight excluding hydrogens is 298 g/mol. The summed E-state index contributed by atoms with van der Waals surface area (Å²) < 4.78 is 4.87. The van der Waals surface area contributed by atoms with E-state index < -0.39 is 12.6 Å². The molecule has 0 saturated carbocycles. The maximum atomic E-state index is 12.1. The minimum Gasteiger partial charge on any atom is -0.480 e. The Morgan fingerprint density at radius 1 is 1.13 bits per heavy atom. The number of aliphatic carboxylic acids is 1. The average molecular weight is 315 g/mol. The van der Waals surface area contributed by atoms with Gasteiger partial charge in [-0.1, -0.05) is 12.1 Å². The van der Waals surface area contributed by atoms with E-state index in [0.29, 0.717) is 0 Å². The molecular formula is C16H17N3O4.